The average molecular weight is 350 g/mol. The zero-order chi connectivity index (χ0) is 15.6. The van der Waals surface area contributed by atoms with E-state index in [1.54, 1.807) is 0 Å². The second kappa shape index (κ2) is 7.41. The van der Waals surface area contributed by atoms with E-state index in [4.69, 9.17) is 0 Å². The first kappa shape index (κ1) is 18.9. The number of halogens is 7. The SMILES string of the molecule is Cl.Fc1ccc(C2CCNCC2)c(OC(F)(F)C(F)F)c1F. The molecule has 1 N–H and O–H groups in total. The standard InChI is InChI=1S/C13H13F6NO.ClH/c14-9-2-1-8(7-3-5-20-6-4-7)11(10(9)15)21-13(18,19)12(16)17;/h1-2,7,12,20H,3-6H2;1H. The van der Waals surface area contributed by atoms with Crippen LogP contribution in [0.25, 0.3) is 0 Å². The molecule has 1 aliphatic heterocycles. The number of hydrogen-bond acceptors (Lipinski definition) is 2. The van der Waals surface area contributed by atoms with Crippen molar-refractivity contribution in [3.8, 4) is 5.75 Å². The Morgan fingerprint density at radius 1 is 1.14 bits per heavy atom. The van der Waals surface area contributed by atoms with E-state index in [1.165, 1.54) is 0 Å². The van der Waals surface area contributed by atoms with Gasteiger partial charge in [0.25, 0.3) is 0 Å². The molecule has 1 aliphatic rings. The van der Waals surface area contributed by atoms with E-state index in [9.17, 15) is 26.3 Å². The van der Waals surface area contributed by atoms with Crippen LogP contribution in [0.5, 0.6) is 5.75 Å². The summed E-state index contributed by atoms with van der Waals surface area (Å²) >= 11 is 0. The molecule has 9 heteroatoms. The van der Waals surface area contributed by atoms with Crippen LogP contribution in [0, 0.1) is 11.6 Å². The molecule has 0 aromatic heterocycles. The highest BCUT2D eigenvalue weighted by molar-refractivity contribution is 5.85. The predicted molar refractivity (Wildman–Crippen MR) is 70.0 cm³/mol. The molecule has 0 saturated carbocycles. The minimum atomic E-state index is -4.88. The highest BCUT2D eigenvalue weighted by Crippen LogP contribution is 2.39. The summed E-state index contributed by atoms with van der Waals surface area (Å²) in [7, 11) is 0. The van der Waals surface area contributed by atoms with Crippen molar-refractivity contribution >= 4 is 12.4 Å². The molecule has 2 nitrogen and oxygen atoms in total. The smallest absolute Gasteiger partial charge is 0.425 e. The van der Waals surface area contributed by atoms with Crippen LogP contribution < -0.4 is 10.1 Å². The van der Waals surface area contributed by atoms with Gasteiger partial charge in [0.1, 0.15) is 0 Å². The molecular weight excluding hydrogens is 336 g/mol. The zero-order valence-electron chi connectivity index (χ0n) is 11.2. The van der Waals surface area contributed by atoms with Gasteiger partial charge in [0.15, 0.2) is 11.6 Å². The van der Waals surface area contributed by atoms with E-state index in [-0.39, 0.29) is 23.9 Å². The lowest BCUT2D eigenvalue weighted by molar-refractivity contribution is -0.254. The Bertz CT molecular complexity index is 508. The maximum Gasteiger partial charge on any atom is 0.461 e. The first-order valence-corrected chi connectivity index (χ1v) is 6.36. The van der Waals surface area contributed by atoms with E-state index < -0.39 is 29.9 Å². The fraction of sp³-hybridized carbons (Fsp3) is 0.538. The van der Waals surface area contributed by atoms with Crippen LogP contribution in [-0.4, -0.2) is 25.6 Å². The van der Waals surface area contributed by atoms with Crippen LogP contribution in [0.1, 0.15) is 24.3 Å². The lowest BCUT2D eigenvalue weighted by Crippen LogP contribution is -2.35. The Kier molecular flexibility index (Phi) is 6.37. The summed E-state index contributed by atoms with van der Waals surface area (Å²) in [4.78, 5) is 0. The van der Waals surface area contributed by atoms with Crippen molar-refractivity contribution in [3.05, 3.63) is 29.3 Å². The summed E-state index contributed by atoms with van der Waals surface area (Å²) in [6.07, 6.45) is -8.04. The van der Waals surface area contributed by atoms with Crippen LogP contribution in [0.3, 0.4) is 0 Å². The van der Waals surface area contributed by atoms with Gasteiger partial charge in [-0.2, -0.15) is 22.0 Å². The van der Waals surface area contributed by atoms with E-state index in [1.807, 2.05) is 0 Å². The minimum absolute atomic E-state index is 0. The number of rotatable bonds is 4. The van der Waals surface area contributed by atoms with Gasteiger partial charge in [-0.25, -0.2) is 4.39 Å². The molecule has 22 heavy (non-hydrogen) atoms. The molecule has 1 fully saturated rings. The Hall–Kier alpha value is -1.15. The Morgan fingerprint density at radius 2 is 1.73 bits per heavy atom. The molecule has 126 valence electrons. The normalized spacial score (nSPS) is 16.5. The third kappa shape index (κ3) is 3.98. The second-order valence-electron chi connectivity index (χ2n) is 4.77. The maximum absolute atomic E-state index is 13.7. The molecule has 2 rings (SSSR count). The van der Waals surface area contributed by atoms with Gasteiger partial charge in [0.05, 0.1) is 0 Å². The van der Waals surface area contributed by atoms with Crippen molar-refractivity contribution in [1.29, 1.82) is 0 Å². The van der Waals surface area contributed by atoms with Gasteiger partial charge in [-0.3, -0.25) is 0 Å². The van der Waals surface area contributed by atoms with Gasteiger partial charge < -0.3 is 10.1 Å². The summed E-state index contributed by atoms with van der Waals surface area (Å²) < 4.78 is 81.2. The second-order valence-corrected chi connectivity index (χ2v) is 4.77. The largest absolute Gasteiger partial charge is 0.461 e. The molecule has 1 aromatic rings. The number of hydrogen-bond donors (Lipinski definition) is 1. The summed E-state index contributed by atoms with van der Waals surface area (Å²) in [6, 6.07) is 1.88. The molecular formula is C13H14ClF6NO. The first-order valence-electron chi connectivity index (χ1n) is 6.36. The number of nitrogens with one attached hydrogen (secondary N) is 1. The molecule has 0 aliphatic carbocycles. The Balaban J connectivity index is 0.00000242. The monoisotopic (exact) mass is 349 g/mol. The van der Waals surface area contributed by atoms with Gasteiger partial charge >= 0.3 is 12.5 Å². The molecule has 1 saturated heterocycles. The molecule has 1 heterocycles. The molecule has 1 aromatic carbocycles. The Labute approximate surface area is 129 Å². The van der Waals surface area contributed by atoms with Gasteiger partial charge in [0, 0.05) is 5.56 Å². The third-order valence-electron chi connectivity index (χ3n) is 3.35. The lowest BCUT2D eigenvalue weighted by atomic mass is 9.89. The lowest BCUT2D eigenvalue weighted by Gasteiger charge is -2.26. The topological polar surface area (TPSA) is 21.3 Å². The van der Waals surface area contributed by atoms with Crippen molar-refractivity contribution in [2.75, 3.05) is 13.1 Å². The van der Waals surface area contributed by atoms with Crippen LogP contribution >= 0.6 is 12.4 Å². The fourth-order valence-corrected chi connectivity index (χ4v) is 2.29. The molecule has 0 unspecified atom stereocenters. The maximum atomic E-state index is 13.7. The number of benzene rings is 1. The van der Waals surface area contributed by atoms with E-state index >= 15 is 0 Å². The van der Waals surface area contributed by atoms with Gasteiger partial charge in [-0.05, 0) is 37.9 Å². The third-order valence-corrected chi connectivity index (χ3v) is 3.35. The van der Waals surface area contributed by atoms with Crippen LogP contribution in [0.2, 0.25) is 0 Å². The molecule has 0 amide bonds. The van der Waals surface area contributed by atoms with E-state index in [2.05, 4.69) is 10.1 Å². The fourth-order valence-electron chi connectivity index (χ4n) is 2.29. The Morgan fingerprint density at radius 3 is 2.27 bits per heavy atom. The number of alkyl halides is 4. The summed E-state index contributed by atoms with van der Waals surface area (Å²) in [5, 5.41) is 3.02. The highest BCUT2D eigenvalue weighted by atomic mass is 35.5. The van der Waals surface area contributed by atoms with E-state index in [0.717, 1.165) is 12.1 Å². The van der Waals surface area contributed by atoms with Crippen molar-refractivity contribution < 1.29 is 31.1 Å². The molecule has 0 bridgehead atoms. The first-order chi connectivity index (χ1) is 9.83. The number of piperidine rings is 1. The van der Waals surface area contributed by atoms with E-state index in [0.29, 0.717) is 25.9 Å². The van der Waals surface area contributed by atoms with Crippen LogP contribution in [0.4, 0.5) is 26.3 Å². The van der Waals surface area contributed by atoms with Crippen molar-refractivity contribution in [1.82, 2.24) is 5.32 Å². The molecule has 0 atom stereocenters. The average Bonchev–Trinajstić information content (AvgIpc) is 2.45. The number of ether oxygens (including phenoxy) is 1. The van der Waals surface area contributed by atoms with Gasteiger partial charge in [-0.1, -0.05) is 6.07 Å². The predicted octanol–water partition coefficient (Wildman–Crippen LogP) is 4.09. The molecule has 0 radical (unpaired) electrons. The summed E-state index contributed by atoms with van der Waals surface area (Å²) in [5.74, 6) is -4.59. The summed E-state index contributed by atoms with van der Waals surface area (Å²) in [6.45, 7) is 1.13. The van der Waals surface area contributed by atoms with Crippen LogP contribution in [-0.2, 0) is 0 Å². The van der Waals surface area contributed by atoms with Crippen molar-refractivity contribution in [2.45, 2.75) is 31.3 Å². The molecule has 0 spiro atoms. The van der Waals surface area contributed by atoms with Crippen molar-refractivity contribution in [3.63, 3.8) is 0 Å². The van der Waals surface area contributed by atoms with Gasteiger partial charge in [-0.15, -0.1) is 12.4 Å². The van der Waals surface area contributed by atoms with Crippen molar-refractivity contribution in [2.24, 2.45) is 0 Å². The van der Waals surface area contributed by atoms with Gasteiger partial charge in [0.2, 0.25) is 5.82 Å². The zero-order valence-corrected chi connectivity index (χ0v) is 12.0. The van der Waals surface area contributed by atoms with Crippen LogP contribution in [0.15, 0.2) is 12.1 Å². The summed E-state index contributed by atoms with van der Waals surface area (Å²) in [5.41, 5.74) is -0.0178. The minimum Gasteiger partial charge on any atom is -0.425 e. The quantitative estimate of drug-likeness (QED) is 0.827. The highest BCUT2D eigenvalue weighted by Gasteiger charge is 2.45.